The zero-order chi connectivity index (χ0) is 19.6. The molecule has 0 aliphatic carbocycles. The van der Waals surface area contributed by atoms with Crippen molar-refractivity contribution in [3.8, 4) is 0 Å². The molecule has 10 heteroatoms. The van der Waals surface area contributed by atoms with E-state index in [2.05, 4.69) is 0 Å². The van der Waals surface area contributed by atoms with Gasteiger partial charge in [0.2, 0.25) is 0 Å². The van der Waals surface area contributed by atoms with Crippen LogP contribution in [-0.2, 0) is 11.3 Å². The Morgan fingerprint density at radius 1 is 1.19 bits per heavy atom. The van der Waals surface area contributed by atoms with Gasteiger partial charge in [-0.05, 0) is 42.1 Å². The second kappa shape index (κ2) is 7.99. The molecular weight excluding hydrogens is 415 g/mol. The van der Waals surface area contributed by atoms with E-state index in [1.807, 2.05) is 0 Å². The number of rotatable bonds is 5. The summed E-state index contributed by atoms with van der Waals surface area (Å²) in [6, 6.07) is 7.58. The molecule has 1 aliphatic heterocycles. The molecule has 7 nitrogen and oxygen atoms in total. The molecule has 3 rings (SSSR count). The van der Waals surface area contributed by atoms with Gasteiger partial charge in [-0.15, -0.1) is 0 Å². The van der Waals surface area contributed by atoms with E-state index in [0.717, 1.165) is 16.7 Å². The number of hydrogen-bond donors (Lipinski definition) is 0. The van der Waals surface area contributed by atoms with E-state index in [9.17, 15) is 19.7 Å². The number of nitro groups is 1. The van der Waals surface area contributed by atoms with Gasteiger partial charge in [0.25, 0.3) is 11.1 Å². The highest BCUT2D eigenvalue weighted by Crippen LogP contribution is 2.34. The Kier molecular flexibility index (Phi) is 5.69. The SMILES string of the molecule is O=C1S/C(=C\C=C\c2ccc([N+](=O)[O-])o2)C(=O)N1Cc1c(Cl)cccc1Cl. The molecule has 1 saturated heterocycles. The molecular formula is C17H10Cl2N2O5S. The van der Waals surface area contributed by atoms with Gasteiger partial charge in [0.05, 0.1) is 17.5 Å². The molecule has 2 amide bonds. The van der Waals surface area contributed by atoms with Gasteiger partial charge in [-0.25, -0.2) is 0 Å². The second-order valence-electron chi connectivity index (χ2n) is 5.28. The lowest BCUT2D eigenvalue weighted by atomic mass is 10.2. The van der Waals surface area contributed by atoms with Crippen LogP contribution < -0.4 is 0 Å². The summed E-state index contributed by atoms with van der Waals surface area (Å²) in [6.45, 7) is -0.0331. The fraction of sp³-hybridized carbons (Fsp3) is 0.0588. The normalized spacial score (nSPS) is 16.1. The average molecular weight is 425 g/mol. The monoisotopic (exact) mass is 424 g/mol. The molecule has 27 heavy (non-hydrogen) atoms. The van der Waals surface area contributed by atoms with Gasteiger partial charge in [-0.3, -0.25) is 24.6 Å². The number of allylic oxidation sites excluding steroid dienone is 2. The van der Waals surface area contributed by atoms with Crippen molar-refractivity contribution in [3.05, 3.63) is 78.9 Å². The van der Waals surface area contributed by atoms with Crippen molar-refractivity contribution in [2.45, 2.75) is 6.54 Å². The Balaban J connectivity index is 1.74. The molecule has 1 fully saturated rings. The van der Waals surface area contributed by atoms with Crippen LogP contribution in [0, 0.1) is 10.1 Å². The standard InChI is InChI=1S/C17H10Cl2N2O5S/c18-12-4-2-5-13(19)11(12)9-20-16(22)14(27-17(20)23)6-1-3-10-7-8-15(26-10)21(24)25/h1-8H,9H2/b3-1+,14-6-. The Morgan fingerprint density at radius 2 is 1.89 bits per heavy atom. The van der Waals surface area contributed by atoms with Crippen molar-refractivity contribution in [1.82, 2.24) is 4.90 Å². The van der Waals surface area contributed by atoms with Crippen LogP contribution in [-0.4, -0.2) is 21.0 Å². The molecule has 0 saturated carbocycles. The van der Waals surface area contributed by atoms with E-state index >= 15 is 0 Å². The number of carbonyl (C=O) groups excluding carboxylic acids is 2. The molecule has 0 unspecified atom stereocenters. The fourth-order valence-corrected chi connectivity index (χ4v) is 3.56. The van der Waals surface area contributed by atoms with Gasteiger partial charge in [0.15, 0.2) is 0 Å². The summed E-state index contributed by atoms with van der Waals surface area (Å²) in [7, 11) is 0. The van der Waals surface area contributed by atoms with Crippen LogP contribution in [0.25, 0.3) is 6.08 Å². The van der Waals surface area contributed by atoms with Gasteiger partial charge in [0, 0.05) is 15.6 Å². The summed E-state index contributed by atoms with van der Waals surface area (Å²) in [4.78, 5) is 35.8. The highest BCUT2D eigenvalue weighted by atomic mass is 35.5. The second-order valence-corrected chi connectivity index (χ2v) is 7.09. The van der Waals surface area contributed by atoms with Crippen LogP contribution in [0.4, 0.5) is 10.7 Å². The summed E-state index contributed by atoms with van der Waals surface area (Å²) >= 11 is 13.0. The van der Waals surface area contributed by atoms with Crippen molar-refractivity contribution < 1.29 is 18.9 Å². The summed E-state index contributed by atoms with van der Waals surface area (Å²) < 4.78 is 4.97. The van der Waals surface area contributed by atoms with Gasteiger partial charge in [-0.2, -0.15) is 0 Å². The van der Waals surface area contributed by atoms with Crippen LogP contribution >= 0.6 is 35.0 Å². The number of benzene rings is 1. The number of halogens is 2. The molecule has 1 aromatic carbocycles. The van der Waals surface area contributed by atoms with E-state index in [1.165, 1.54) is 30.4 Å². The minimum Gasteiger partial charge on any atom is -0.401 e. The van der Waals surface area contributed by atoms with Crippen LogP contribution in [0.5, 0.6) is 0 Å². The molecule has 2 aromatic rings. The Labute approximate surface area is 167 Å². The number of hydrogen-bond acceptors (Lipinski definition) is 6. The minimum atomic E-state index is -0.650. The van der Waals surface area contributed by atoms with Crippen LogP contribution in [0.1, 0.15) is 11.3 Å². The van der Waals surface area contributed by atoms with Crippen molar-refractivity contribution in [2.24, 2.45) is 0 Å². The maximum atomic E-state index is 12.5. The van der Waals surface area contributed by atoms with Gasteiger partial charge < -0.3 is 4.42 Å². The number of imide groups is 1. The van der Waals surface area contributed by atoms with Crippen LogP contribution in [0.15, 0.2) is 51.8 Å². The predicted octanol–water partition coefficient (Wildman–Crippen LogP) is 5.29. The maximum Gasteiger partial charge on any atom is 0.433 e. The third-order valence-corrected chi connectivity index (χ3v) is 5.19. The quantitative estimate of drug-likeness (QED) is 0.367. The van der Waals surface area contributed by atoms with Crippen LogP contribution in [0.3, 0.4) is 0 Å². The first-order chi connectivity index (χ1) is 12.9. The van der Waals surface area contributed by atoms with Crippen molar-refractivity contribution in [2.75, 3.05) is 0 Å². The Morgan fingerprint density at radius 3 is 2.52 bits per heavy atom. The number of amides is 2. The lowest BCUT2D eigenvalue weighted by Gasteiger charge is -2.14. The van der Waals surface area contributed by atoms with Gasteiger partial charge in [-0.1, -0.05) is 35.3 Å². The Hall–Kier alpha value is -2.55. The van der Waals surface area contributed by atoms with Gasteiger partial charge >= 0.3 is 5.88 Å². The third-order valence-electron chi connectivity index (χ3n) is 3.55. The third kappa shape index (κ3) is 4.24. The molecule has 0 spiro atoms. The van der Waals surface area contributed by atoms with E-state index in [1.54, 1.807) is 18.2 Å². The molecule has 1 aromatic heterocycles. The largest absolute Gasteiger partial charge is 0.433 e. The zero-order valence-electron chi connectivity index (χ0n) is 13.4. The molecule has 0 bridgehead atoms. The lowest BCUT2D eigenvalue weighted by molar-refractivity contribution is -0.402. The Bertz CT molecular complexity index is 979. The molecule has 138 valence electrons. The van der Waals surface area contributed by atoms with Crippen molar-refractivity contribution in [3.63, 3.8) is 0 Å². The lowest BCUT2D eigenvalue weighted by Crippen LogP contribution is -2.27. The van der Waals surface area contributed by atoms with E-state index in [4.69, 9.17) is 27.6 Å². The molecule has 0 radical (unpaired) electrons. The fourth-order valence-electron chi connectivity index (χ4n) is 2.25. The number of carbonyl (C=O) groups is 2. The zero-order valence-corrected chi connectivity index (χ0v) is 15.8. The smallest absolute Gasteiger partial charge is 0.401 e. The molecule has 0 N–H and O–H groups in total. The van der Waals surface area contributed by atoms with Crippen molar-refractivity contribution >= 4 is 58.1 Å². The average Bonchev–Trinajstić information content (AvgIpc) is 3.18. The minimum absolute atomic E-state index is 0.0331. The molecule has 2 heterocycles. The molecule has 1 aliphatic rings. The first-order valence-electron chi connectivity index (χ1n) is 7.46. The number of nitrogens with zero attached hydrogens (tertiary/aromatic N) is 2. The number of thioether (sulfide) groups is 1. The predicted molar refractivity (Wildman–Crippen MR) is 102 cm³/mol. The summed E-state index contributed by atoms with van der Waals surface area (Å²) in [5.41, 5.74) is 0.489. The topological polar surface area (TPSA) is 93.7 Å². The highest BCUT2D eigenvalue weighted by Gasteiger charge is 2.35. The van der Waals surface area contributed by atoms with E-state index in [0.29, 0.717) is 15.6 Å². The highest BCUT2D eigenvalue weighted by molar-refractivity contribution is 8.18. The van der Waals surface area contributed by atoms with E-state index < -0.39 is 16.1 Å². The first kappa shape index (κ1) is 19.2. The maximum absolute atomic E-state index is 12.5. The summed E-state index contributed by atoms with van der Waals surface area (Å²) in [5.74, 6) is -0.609. The summed E-state index contributed by atoms with van der Waals surface area (Å²) in [6.07, 6.45) is 4.36. The number of furan rings is 1. The summed E-state index contributed by atoms with van der Waals surface area (Å²) in [5, 5.41) is 10.9. The first-order valence-corrected chi connectivity index (χ1v) is 9.03. The van der Waals surface area contributed by atoms with Crippen molar-refractivity contribution in [1.29, 1.82) is 0 Å². The van der Waals surface area contributed by atoms with E-state index in [-0.39, 0.29) is 23.1 Å². The molecule has 0 atom stereocenters. The van der Waals surface area contributed by atoms with Gasteiger partial charge in [0.1, 0.15) is 10.7 Å². The van der Waals surface area contributed by atoms with Crippen LogP contribution in [0.2, 0.25) is 10.0 Å².